The van der Waals surface area contributed by atoms with Gasteiger partial charge in [0.15, 0.2) is 6.10 Å². The summed E-state index contributed by atoms with van der Waals surface area (Å²) in [6.07, 6.45) is 6.50. The average molecular weight is 418 g/mol. The average Bonchev–Trinajstić information content (AvgIpc) is 2.74. The molecule has 1 aliphatic carbocycles. The maximum absolute atomic E-state index is 12.4. The highest BCUT2D eigenvalue weighted by Gasteiger charge is 2.21. The van der Waals surface area contributed by atoms with E-state index in [0.29, 0.717) is 11.4 Å². The van der Waals surface area contributed by atoms with Gasteiger partial charge < -0.3 is 10.1 Å². The van der Waals surface area contributed by atoms with Crippen molar-refractivity contribution in [2.75, 3.05) is 0 Å². The lowest BCUT2D eigenvalue weighted by Crippen LogP contribution is -2.43. The highest BCUT2D eigenvalue weighted by molar-refractivity contribution is 7.89. The maximum atomic E-state index is 12.4. The third kappa shape index (κ3) is 6.27. The Bertz CT molecular complexity index is 895. The largest absolute Gasteiger partial charge is 0.481 e. The molecule has 2 aromatic rings. The number of benzene rings is 1. The first-order chi connectivity index (χ1) is 13.9. The lowest BCUT2D eigenvalue weighted by atomic mass is 9.95. The summed E-state index contributed by atoms with van der Waals surface area (Å²) in [6.45, 7) is 1.80. The van der Waals surface area contributed by atoms with Crippen molar-refractivity contribution >= 4 is 15.9 Å². The zero-order valence-electron chi connectivity index (χ0n) is 16.5. The van der Waals surface area contributed by atoms with Gasteiger partial charge in [0.25, 0.3) is 5.91 Å². The molecule has 1 aliphatic rings. The summed E-state index contributed by atoms with van der Waals surface area (Å²) in [5.41, 5.74) is 0.633. The van der Waals surface area contributed by atoms with Crippen molar-refractivity contribution in [1.82, 2.24) is 15.0 Å². The highest BCUT2D eigenvalue weighted by atomic mass is 32.2. The first kappa shape index (κ1) is 21.3. The normalized spacial score (nSPS) is 16.2. The number of carbonyl (C=O) groups is 1. The molecule has 7 nitrogen and oxygen atoms in total. The van der Waals surface area contributed by atoms with Crippen LogP contribution >= 0.6 is 0 Å². The quantitative estimate of drug-likeness (QED) is 0.688. The van der Waals surface area contributed by atoms with Crippen LogP contribution in [0.1, 0.15) is 44.7 Å². The fraction of sp³-hybridized carbons (Fsp3) is 0.429. The molecule has 3 rings (SSSR count). The maximum Gasteiger partial charge on any atom is 0.260 e. The van der Waals surface area contributed by atoms with Crippen LogP contribution in [0.5, 0.6) is 5.75 Å². The summed E-state index contributed by atoms with van der Waals surface area (Å²) in [5, 5.41) is 3.03. The number of nitrogens with zero attached hydrogens (tertiary/aromatic N) is 1. The Hall–Kier alpha value is -2.45. The molecule has 0 aliphatic heterocycles. The van der Waals surface area contributed by atoms with Gasteiger partial charge in [-0.15, -0.1) is 0 Å². The molecule has 0 bridgehead atoms. The molecular formula is C21H27N3O4S. The molecule has 1 atom stereocenters. The Morgan fingerprint density at radius 2 is 1.86 bits per heavy atom. The minimum absolute atomic E-state index is 0.111. The van der Waals surface area contributed by atoms with Crippen LogP contribution < -0.4 is 14.8 Å². The molecule has 1 aromatic heterocycles. The number of rotatable bonds is 8. The van der Waals surface area contributed by atoms with Gasteiger partial charge in [0.1, 0.15) is 5.75 Å². The molecule has 0 saturated heterocycles. The van der Waals surface area contributed by atoms with E-state index in [2.05, 4.69) is 15.0 Å². The second-order valence-electron chi connectivity index (χ2n) is 7.22. The predicted octanol–water partition coefficient (Wildman–Crippen LogP) is 2.78. The van der Waals surface area contributed by atoms with E-state index >= 15 is 0 Å². The summed E-state index contributed by atoms with van der Waals surface area (Å²) >= 11 is 0. The molecule has 1 aromatic carbocycles. The zero-order valence-corrected chi connectivity index (χ0v) is 17.3. The van der Waals surface area contributed by atoms with Gasteiger partial charge in [0.2, 0.25) is 10.0 Å². The second-order valence-corrected chi connectivity index (χ2v) is 8.99. The molecule has 0 unspecified atom stereocenters. The Labute approximate surface area is 171 Å². The number of nitrogens with one attached hydrogen (secondary N) is 2. The number of carbonyl (C=O) groups excluding carboxylic acids is 1. The number of ether oxygens (including phenoxy) is 1. The summed E-state index contributed by atoms with van der Waals surface area (Å²) < 4.78 is 33.0. The summed E-state index contributed by atoms with van der Waals surface area (Å²) in [6, 6.07) is 11.6. The summed E-state index contributed by atoms with van der Waals surface area (Å²) in [7, 11) is -3.66. The lowest BCUT2D eigenvalue weighted by molar-refractivity contribution is -0.128. The lowest BCUT2D eigenvalue weighted by Gasteiger charge is -2.24. The number of pyridine rings is 1. The van der Waals surface area contributed by atoms with E-state index in [9.17, 15) is 13.2 Å². The molecule has 156 valence electrons. The van der Waals surface area contributed by atoms with E-state index in [0.717, 1.165) is 25.7 Å². The molecule has 1 fully saturated rings. The predicted molar refractivity (Wildman–Crippen MR) is 110 cm³/mol. The molecule has 1 heterocycles. The second kappa shape index (κ2) is 9.84. The Kier molecular flexibility index (Phi) is 7.22. The summed E-state index contributed by atoms with van der Waals surface area (Å²) in [5.74, 6) is 0.297. The van der Waals surface area contributed by atoms with Gasteiger partial charge in [0, 0.05) is 12.2 Å². The van der Waals surface area contributed by atoms with E-state index in [1.54, 1.807) is 43.5 Å². The smallest absolute Gasteiger partial charge is 0.260 e. The van der Waals surface area contributed by atoms with Gasteiger partial charge in [-0.25, -0.2) is 13.1 Å². The van der Waals surface area contributed by atoms with E-state index in [-0.39, 0.29) is 23.4 Å². The molecule has 1 saturated carbocycles. The Morgan fingerprint density at radius 1 is 1.14 bits per heavy atom. The van der Waals surface area contributed by atoms with E-state index < -0.39 is 16.1 Å². The fourth-order valence-electron chi connectivity index (χ4n) is 3.28. The van der Waals surface area contributed by atoms with Crippen molar-refractivity contribution in [2.24, 2.45) is 0 Å². The SMILES string of the molecule is C[C@@H](Oc1ccc(S(=O)(=O)NCc2ccccn2)cc1)C(=O)NC1CCCCC1. The third-order valence-corrected chi connectivity index (χ3v) is 6.35. The van der Waals surface area contributed by atoms with Crippen LogP contribution in [0, 0.1) is 0 Å². The first-order valence-electron chi connectivity index (χ1n) is 9.91. The van der Waals surface area contributed by atoms with Crippen LogP contribution in [0.4, 0.5) is 0 Å². The van der Waals surface area contributed by atoms with Gasteiger partial charge in [-0.3, -0.25) is 9.78 Å². The number of amides is 1. The molecule has 1 amide bonds. The molecule has 2 N–H and O–H groups in total. The molecule has 29 heavy (non-hydrogen) atoms. The van der Waals surface area contributed by atoms with Crippen molar-refractivity contribution in [1.29, 1.82) is 0 Å². The number of aromatic nitrogens is 1. The zero-order chi connectivity index (χ0) is 20.7. The molecule has 8 heteroatoms. The van der Waals surface area contributed by atoms with E-state index in [4.69, 9.17) is 4.74 Å². The van der Waals surface area contributed by atoms with Gasteiger partial charge in [-0.2, -0.15) is 0 Å². The Balaban J connectivity index is 1.54. The van der Waals surface area contributed by atoms with Crippen LogP contribution in [0.15, 0.2) is 53.6 Å². The van der Waals surface area contributed by atoms with Crippen LogP contribution in [0.3, 0.4) is 0 Å². The van der Waals surface area contributed by atoms with Crippen LogP contribution in [-0.2, 0) is 21.4 Å². The minimum Gasteiger partial charge on any atom is -0.481 e. The van der Waals surface area contributed by atoms with Crippen LogP contribution in [0.2, 0.25) is 0 Å². The van der Waals surface area contributed by atoms with E-state index in [1.165, 1.54) is 18.6 Å². The standard InChI is InChI=1S/C21H27N3O4S/c1-16(21(25)24-17-7-3-2-4-8-17)28-19-10-12-20(13-11-19)29(26,27)23-15-18-9-5-6-14-22-18/h5-6,9-14,16-17,23H,2-4,7-8,15H2,1H3,(H,24,25)/t16-/m1/s1. The minimum atomic E-state index is -3.66. The van der Waals surface area contributed by atoms with Gasteiger partial charge in [-0.1, -0.05) is 25.3 Å². The van der Waals surface area contributed by atoms with E-state index in [1.807, 2.05) is 0 Å². The van der Waals surface area contributed by atoms with Crippen molar-refractivity contribution in [3.63, 3.8) is 0 Å². The fourth-order valence-corrected chi connectivity index (χ4v) is 4.27. The van der Waals surface area contributed by atoms with Crippen molar-refractivity contribution in [3.05, 3.63) is 54.4 Å². The van der Waals surface area contributed by atoms with Crippen molar-refractivity contribution < 1.29 is 17.9 Å². The van der Waals surface area contributed by atoms with Crippen molar-refractivity contribution in [2.45, 2.75) is 62.6 Å². The monoisotopic (exact) mass is 417 g/mol. The number of sulfonamides is 1. The van der Waals surface area contributed by atoms with Crippen LogP contribution in [0.25, 0.3) is 0 Å². The van der Waals surface area contributed by atoms with Gasteiger partial charge in [0.05, 0.1) is 17.1 Å². The summed E-state index contributed by atoms with van der Waals surface area (Å²) in [4.78, 5) is 16.5. The number of hydrogen-bond acceptors (Lipinski definition) is 5. The van der Waals surface area contributed by atoms with Gasteiger partial charge in [-0.05, 0) is 56.2 Å². The third-order valence-electron chi connectivity index (χ3n) is 4.94. The molecule has 0 radical (unpaired) electrons. The highest BCUT2D eigenvalue weighted by Crippen LogP contribution is 2.19. The molecular weight excluding hydrogens is 390 g/mol. The molecule has 0 spiro atoms. The van der Waals surface area contributed by atoms with Gasteiger partial charge >= 0.3 is 0 Å². The topological polar surface area (TPSA) is 97.4 Å². The van der Waals surface area contributed by atoms with Crippen LogP contribution in [-0.4, -0.2) is 31.5 Å². The van der Waals surface area contributed by atoms with Crippen molar-refractivity contribution in [3.8, 4) is 5.75 Å². The number of hydrogen-bond donors (Lipinski definition) is 2. The first-order valence-corrected chi connectivity index (χ1v) is 11.4. The Morgan fingerprint density at radius 3 is 2.52 bits per heavy atom.